The molecule has 0 saturated carbocycles. The van der Waals surface area contributed by atoms with Gasteiger partial charge in [0.25, 0.3) is 0 Å². The lowest BCUT2D eigenvalue weighted by molar-refractivity contribution is 0.207. The topological polar surface area (TPSA) is 42.7 Å². The lowest BCUT2D eigenvalue weighted by atomic mass is 9.78. The minimum absolute atomic E-state index is 0.208. The predicted molar refractivity (Wildman–Crippen MR) is 98.0 cm³/mol. The summed E-state index contributed by atoms with van der Waals surface area (Å²) >= 11 is 0. The molecule has 24 heavy (non-hydrogen) atoms. The average Bonchev–Trinajstić information content (AvgIpc) is 3.07. The summed E-state index contributed by atoms with van der Waals surface area (Å²) < 4.78 is 1.95. The molecule has 1 aromatic carbocycles. The zero-order chi connectivity index (χ0) is 17.0. The van der Waals surface area contributed by atoms with Crippen molar-refractivity contribution in [2.24, 2.45) is 5.41 Å². The van der Waals surface area contributed by atoms with Gasteiger partial charge in [0.2, 0.25) is 0 Å². The summed E-state index contributed by atoms with van der Waals surface area (Å²) in [5.74, 6) is 0.685. The number of piperidine rings is 1. The predicted octanol–water partition coefficient (Wildman–Crippen LogP) is 3.79. The van der Waals surface area contributed by atoms with Gasteiger partial charge in [-0.15, -0.1) is 0 Å². The molecular weight excluding hydrogens is 296 g/mol. The van der Waals surface area contributed by atoms with Crippen molar-refractivity contribution >= 4 is 0 Å². The van der Waals surface area contributed by atoms with Crippen molar-refractivity contribution in [3.8, 4) is 0 Å². The summed E-state index contributed by atoms with van der Waals surface area (Å²) in [6.07, 6.45) is 8.18. The van der Waals surface area contributed by atoms with Crippen molar-refractivity contribution in [1.29, 1.82) is 0 Å². The molecule has 1 aromatic heterocycles. The standard InChI is InChI=1S/C20H30N4/c1-4-16-5-7-17(8-6-16)18-9-10-22-19(11-18)12-20(2,3)13-24-15-21-14-23-24/h5-8,14-15,18-19,22H,4,9-13H2,1-3H3/t18-,19-/m1/s1. The van der Waals surface area contributed by atoms with Gasteiger partial charge in [-0.2, -0.15) is 5.10 Å². The Morgan fingerprint density at radius 1 is 1.25 bits per heavy atom. The molecule has 2 aromatic rings. The highest BCUT2D eigenvalue weighted by Gasteiger charge is 2.29. The highest BCUT2D eigenvalue weighted by atomic mass is 15.3. The molecule has 0 radical (unpaired) electrons. The molecule has 1 fully saturated rings. The number of nitrogens with one attached hydrogen (secondary N) is 1. The molecule has 4 heteroatoms. The second-order valence-electron chi connectivity index (χ2n) is 7.93. The third-order valence-electron chi connectivity index (χ3n) is 5.21. The maximum Gasteiger partial charge on any atom is 0.137 e. The van der Waals surface area contributed by atoms with E-state index in [2.05, 4.69) is 60.4 Å². The zero-order valence-electron chi connectivity index (χ0n) is 15.2. The van der Waals surface area contributed by atoms with Gasteiger partial charge in [0.15, 0.2) is 0 Å². The van der Waals surface area contributed by atoms with Crippen molar-refractivity contribution in [2.45, 2.75) is 65.0 Å². The van der Waals surface area contributed by atoms with E-state index in [4.69, 9.17) is 0 Å². The highest BCUT2D eigenvalue weighted by Crippen LogP contribution is 2.33. The summed E-state index contributed by atoms with van der Waals surface area (Å²) in [5.41, 5.74) is 3.14. The van der Waals surface area contributed by atoms with Gasteiger partial charge < -0.3 is 5.32 Å². The molecule has 1 N–H and O–H groups in total. The SMILES string of the molecule is CCc1ccc([C@@H]2CCN[C@@H](CC(C)(C)Cn3cncn3)C2)cc1. The Morgan fingerprint density at radius 3 is 2.71 bits per heavy atom. The molecule has 0 bridgehead atoms. The fourth-order valence-corrected chi connectivity index (χ4v) is 3.97. The van der Waals surface area contributed by atoms with Crippen LogP contribution in [0.2, 0.25) is 0 Å². The van der Waals surface area contributed by atoms with Crippen LogP contribution in [0.5, 0.6) is 0 Å². The van der Waals surface area contributed by atoms with Crippen molar-refractivity contribution in [1.82, 2.24) is 20.1 Å². The van der Waals surface area contributed by atoms with Crippen LogP contribution in [0.3, 0.4) is 0 Å². The van der Waals surface area contributed by atoms with Crippen molar-refractivity contribution < 1.29 is 0 Å². The Hall–Kier alpha value is -1.68. The first-order chi connectivity index (χ1) is 11.6. The summed E-state index contributed by atoms with van der Waals surface area (Å²) in [7, 11) is 0. The van der Waals surface area contributed by atoms with E-state index in [0.29, 0.717) is 12.0 Å². The Kier molecular flexibility index (Phi) is 5.34. The summed E-state index contributed by atoms with van der Waals surface area (Å²) in [4.78, 5) is 4.06. The largest absolute Gasteiger partial charge is 0.314 e. The van der Waals surface area contributed by atoms with Gasteiger partial charge in [0, 0.05) is 12.6 Å². The van der Waals surface area contributed by atoms with Crippen LogP contribution in [-0.4, -0.2) is 27.4 Å². The van der Waals surface area contributed by atoms with E-state index in [9.17, 15) is 0 Å². The van der Waals surface area contributed by atoms with E-state index < -0.39 is 0 Å². The molecule has 0 amide bonds. The molecule has 4 nitrogen and oxygen atoms in total. The number of hydrogen-bond acceptors (Lipinski definition) is 3. The first-order valence-electron chi connectivity index (χ1n) is 9.20. The van der Waals surface area contributed by atoms with Crippen molar-refractivity contribution in [3.05, 3.63) is 48.0 Å². The second kappa shape index (κ2) is 7.47. The third kappa shape index (κ3) is 4.44. The molecule has 0 spiro atoms. The van der Waals surface area contributed by atoms with Gasteiger partial charge >= 0.3 is 0 Å². The van der Waals surface area contributed by atoms with Crippen LogP contribution in [0.25, 0.3) is 0 Å². The zero-order valence-corrected chi connectivity index (χ0v) is 15.2. The first kappa shape index (κ1) is 17.2. The molecule has 2 heterocycles. The van der Waals surface area contributed by atoms with Crippen molar-refractivity contribution in [2.75, 3.05) is 6.54 Å². The third-order valence-corrected chi connectivity index (χ3v) is 5.21. The molecule has 1 aliphatic rings. The van der Waals surface area contributed by atoms with E-state index in [1.165, 1.54) is 24.0 Å². The number of nitrogens with zero attached hydrogens (tertiary/aromatic N) is 3. The number of benzene rings is 1. The molecule has 1 saturated heterocycles. The van der Waals surface area contributed by atoms with E-state index in [1.807, 2.05) is 11.0 Å². The van der Waals surface area contributed by atoms with Gasteiger partial charge in [-0.05, 0) is 54.7 Å². The molecule has 0 aliphatic carbocycles. The summed E-state index contributed by atoms with van der Waals surface area (Å²) in [6, 6.07) is 9.84. The number of hydrogen-bond donors (Lipinski definition) is 1. The second-order valence-corrected chi connectivity index (χ2v) is 7.93. The molecule has 2 atom stereocenters. The first-order valence-corrected chi connectivity index (χ1v) is 9.20. The Bertz CT molecular complexity index is 616. The Balaban J connectivity index is 1.60. The molecule has 0 unspecified atom stereocenters. The van der Waals surface area contributed by atoms with Crippen LogP contribution in [0.15, 0.2) is 36.9 Å². The Morgan fingerprint density at radius 2 is 2.04 bits per heavy atom. The van der Waals surface area contributed by atoms with E-state index in [0.717, 1.165) is 25.9 Å². The van der Waals surface area contributed by atoms with E-state index in [-0.39, 0.29) is 5.41 Å². The van der Waals surface area contributed by atoms with Crippen LogP contribution in [0, 0.1) is 5.41 Å². The van der Waals surface area contributed by atoms with Crippen LogP contribution in [-0.2, 0) is 13.0 Å². The molecular formula is C20H30N4. The fourth-order valence-electron chi connectivity index (χ4n) is 3.97. The maximum absolute atomic E-state index is 4.26. The molecule has 130 valence electrons. The number of rotatable bonds is 6. The quantitative estimate of drug-likeness (QED) is 0.878. The van der Waals surface area contributed by atoms with Crippen molar-refractivity contribution in [3.63, 3.8) is 0 Å². The average molecular weight is 326 g/mol. The van der Waals surface area contributed by atoms with Gasteiger partial charge in [-0.3, -0.25) is 4.68 Å². The van der Waals surface area contributed by atoms with Crippen LogP contribution < -0.4 is 5.32 Å². The van der Waals surface area contributed by atoms with Gasteiger partial charge in [-0.1, -0.05) is 45.0 Å². The number of aromatic nitrogens is 3. The highest BCUT2D eigenvalue weighted by molar-refractivity contribution is 5.26. The van der Waals surface area contributed by atoms with Gasteiger partial charge in [0.1, 0.15) is 12.7 Å². The monoisotopic (exact) mass is 326 g/mol. The van der Waals surface area contributed by atoms with Crippen LogP contribution in [0.1, 0.15) is 57.1 Å². The lowest BCUT2D eigenvalue weighted by Crippen LogP contribution is -2.41. The van der Waals surface area contributed by atoms with Gasteiger partial charge in [-0.25, -0.2) is 4.98 Å². The minimum Gasteiger partial charge on any atom is -0.314 e. The molecule has 3 rings (SSSR count). The van der Waals surface area contributed by atoms with Crippen LogP contribution in [0.4, 0.5) is 0 Å². The normalized spacial score (nSPS) is 21.8. The smallest absolute Gasteiger partial charge is 0.137 e. The van der Waals surface area contributed by atoms with Gasteiger partial charge in [0.05, 0.1) is 0 Å². The summed E-state index contributed by atoms with van der Waals surface area (Å²) in [6.45, 7) is 8.91. The van der Waals surface area contributed by atoms with E-state index >= 15 is 0 Å². The lowest BCUT2D eigenvalue weighted by Gasteiger charge is -2.36. The summed E-state index contributed by atoms with van der Waals surface area (Å²) in [5, 5.41) is 7.99. The number of aryl methyl sites for hydroxylation is 1. The van der Waals surface area contributed by atoms with E-state index in [1.54, 1.807) is 6.33 Å². The fraction of sp³-hybridized carbons (Fsp3) is 0.600. The molecule has 1 aliphatic heterocycles. The maximum atomic E-state index is 4.26. The van der Waals surface area contributed by atoms with Crippen LogP contribution >= 0.6 is 0 Å². The Labute approximate surface area is 145 Å². The minimum atomic E-state index is 0.208.